The van der Waals surface area contributed by atoms with Crippen molar-refractivity contribution in [3.63, 3.8) is 0 Å². The zero-order valence-corrected chi connectivity index (χ0v) is 13.4. The number of hydrogen-bond acceptors (Lipinski definition) is 3. The van der Waals surface area contributed by atoms with Crippen LogP contribution in [0.4, 0.5) is 0 Å². The Hall–Kier alpha value is -0.413. The molecule has 0 aliphatic carbocycles. The molecule has 0 amide bonds. The lowest BCUT2D eigenvalue weighted by atomic mass is 10.4. The zero-order chi connectivity index (χ0) is 13.1. The van der Waals surface area contributed by atoms with Gasteiger partial charge in [-0.25, -0.2) is 9.48 Å². The minimum Gasteiger partial charge on any atom is -0.478 e. The molecule has 0 spiro atoms. The third-order valence-electron chi connectivity index (χ3n) is 2.22. The van der Waals surface area contributed by atoms with E-state index < -0.39 is 14.0 Å². The van der Waals surface area contributed by atoms with Crippen molar-refractivity contribution in [2.75, 3.05) is 6.61 Å². The van der Waals surface area contributed by atoms with Crippen LogP contribution in [0.5, 0.6) is 0 Å². The molecule has 1 rings (SSSR count). The lowest BCUT2D eigenvalue weighted by molar-refractivity contribution is 0.0689. The lowest BCUT2D eigenvalue weighted by Gasteiger charge is -2.15. The van der Waals surface area contributed by atoms with Crippen LogP contribution < -0.4 is 0 Å². The number of aromatic carboxylic acids is 1. The Morgan fingerprint density at radius 3 is 2.71 bits per heavy atom. The van der Waals surface area contributed by atoms with Gasteiger partial charge >= 0.3 is 5.97 Å². The van der Waals surface area contributed by atoms with E-state index in [0.29, 0.717) is 17.0 Å². The van der Waals surface area contributed by atoms with E-state index in [2.05, 4.69) is 24.7 Å². The molecule has 0 fully saturated rings. The second kappa shape index (κ2) is 5.96. The summed E-state index contributed by atoms with van der Waals surface area (Å²) in [5.74, 6) is -0.956. The van der Waals surface area contributed by atoms with Gasteiger partial charge in [0.2, 0.25) is 0 Å². The Morgan fingerprint density at radius 2 is 2.24 bits per heavy atom. The van der Waals surface area contributed by atoms with Gasteiger partial charge in [0.25, 0.3) is 0 Å². The van der Waals surface area contributed by atoms with Gasteiger partial charge in [-0.15, -0.1) is 0 Å². The molecular weight excluding hydrogens is 351 g/mol. The quantitative estimate of drug-likeness (QED) is 0.476. The first-order valence-corrected chi connectivity index (χ1v) is 10.1. The molecule has 0 aromatic carbocycles. The molecule has 1 heterocycles. The molecule has 1 aromatic heterocycles. The molecular formula is C10H17IN2O3Si. The summed E-state index contributed by atoms with van der Waals surface area (Å²) in [5, 5.41) is 12.8. The van der Waals surface area contributed by atoms with Crippen LogP contribution in [0.3, 0.4) is 0 Å². The Bertz CT molecular complexity index is 401. The summed E-state index contributed by atoms with van der Waals surface area (Å²) < 4.78 is 7.67. The van der Waals surface area contributed by atoms with Crippen LogP contribution in [0.1, 0.15) is 10.4 Å². The summed E-state index contributed by atoms with van der Waals surface area (Å²) in [6.07, 6.45) is 1.35. The number of nitrogens with zero attached hydrogens (tertiary/aromatic N) is 2. The largest absolute Gasteiger partial charge is 0.478 e. The molecule has 1 N–H and O–H groups in total. The first-order valence-electron chi connectivity index (χ1n) is 5.33. The molecule has 0 atom stereocenters. The average molecular weight is 368 g/mol. The fraction of sp³-hybridized carbons (Fsp3) is 0.600. The molecule has 5 nitrogen and oxygen atoms in total. The van der Waals surface area contributed by atoms with E-state index in [-0.39, 0.29) is 5.56 Å². The van der Waals surface area contributed by atoms with Gasteiger partial charge in [-0.05, 0) is 28.6 Å². The molecule has 96 valence electrons. The SMILES string of the molecule is C[Si](C)(C)CCOCn1ncc(C(=O)O)c1I. The Balaban J connectivity index is 2.45. The number of carboxylic acids is 1. The third-order valence-corrected chi connectivity index (χ3v) is 5.06. The molecule has 0 unspecified atom stereocenters. The van der Waals surface area contributed by atoms with E-state index in [1.807, 2.05) is 22.6 Å². The van der Waals surface area contributed by atoms with Crippen LogP contribution in [0.15, 0.2) is 6.20 Å². The van der Waals surface area contributed by atoms with Crippen molar-refractivity contribution in [3.05, 3.63) is 15.5 Å². The van der Waals surface area contributed by atoms with Crippen molar-refractivity contribution < 1.29 is 14.6 Å². The van der Waals surface area contributed by atoms with Crippen molar-refractivity contribution in [1.29, 1.82) is 0 Å². The predicted octanol–water partition coefficient (Wildman–Crippen LogP) is 2.50. The normalized spacial score (nSPS) is 11.8. The third kappa shape index (κ3) is 4.76. The highest BCUT2D eigenvalue weighted by atomic mass is 127. The summed E-state index contributed by atoms with van der Waals surface area (Å²) >= 11 is 1.97. The molecule has 7 heteroatoms. The second-order valence-electron chi connectivity index (χ2n) is 5.00. The lowest BCUT2D eigenvalue weighted by Crippen LogP contribution is -2.22. The molecule has 0 aliphatic rings. The van der Waals surface area contributed by atoms with Gasteiger partial charge < -0.3 is 9.84 Å². The maximum Gasteiger partial charge on any atom is 0.340 e. The summed E-state index contributed by atoms with van der Waals surface area (Å²) in [6, 6.07) is 1.09. The molecule has 0 aliphatic heterocycles. The Morgan fingerprint density at radius 1 is 1.59 bits per heavy atom. The molecule has 0 radical (unpaired) electrons. The molecule has 0 bridgehead atoms. The van der Waals surface area contributed by atoms with E-state index in [9.17, 15) is 4.79 Å². The van der Waals surface area contributed by atoms with Gasteiger partial charge in [0.15, 0.2) is 0 Å². The summed E-state index contributed by atoms with van der Waals surface area (Å²) in [6.45, 7) is 7.88. The molecule has 0 saturated carbocycles. The van der Waals surface area contributed by atoms with Gasteiger partial charge in [-0.2, -0.15) is 5.10 Å². The first kappa shape index (κ1) is 14.6. The number of carboxylic acid groups (broad SMARTS) is 1. The number of hydrogen-bond donors (Lipinski definition) is 1. The van der Waals surface area contributed by atoms with E-state index in [4.69, 9.17) is 9.84 Å². The van der Waals surface area contributed by atoms with Crippen LogP contribution in [0, 0.1) is 3.70 Å². The maximum atomic E-state index is 10.8. The second-order valence-corrected chi connectivity index (χ2v) is 11.6. The van der Waals surface area contributed by atoms with Crippen LogP contribution in [-0.4, -0.2) is 35.5 Å². The maximum absolute atomic E-state index is 10.8. The monoisotopic (exact) mass is 368 g/mol. The average Bonchev–Trinajstić information content (AvgIpc) is 2.53. The van der Waals surface area contributed by atoms with E-state index in [0.717, 1.165) is 6.04 Å². The van der Waals surface area contributed by atoms with Crippen molar-refractivity contribution in [3.8, 4) is 0 Å². The smallest absolute Gasteiger partial charge is 0.340 e. The summed E-state index contributed by atoms with van der Waals surface area (Å²) in [7, 11) is -1.07. The highest BCUT2D eigenvalue weighted by molar-refractivity contribution is 14.1. The fourth-order valence-corrected chi connectivity index (χ4v) is 2.52. The van der Waals surface area contributed by atoms with Gasteiger partial charge in [0, 0.05) is 14.7 Å². The highest BCUT2D eigenvalue weighted by Crippen LogP contribution is 2.12. The number of carbonyl (C=O) groups is 1. The highest BCUT2D eigenvalue weighted by Gasteiger charge is 2.15. The Labute approximate surface area is 115 Å². The fourth-order valence-electron chi connectivity index (χ4n) is 1.13. The van der Waals surface area contributed by atoms with Gasteiger partial charge in [0.1, 0.15) is 16.0 Å². The number of ether oxygens (including phenoxy) is 1. The molecule has 0 saturated heterocycles. The zero-order valence-electron chi connectivity index (χ0n) is 10.2. The topological polar surface area (TPSA) is 64.4 Å². The minimum absolute atomic E-state index is 0.222. The van der Waals surface area contributed by atoms with Crippen molar-refractivity contribution >= 4 is 36.6 Å². The predicted molar refractivity (Wildman–Crippen MR) is 76.0 cm³/mol. The van der Waals surface area contributed by atoms with Crippen molar-refractivity contribution in [2.45, 2.75) is 32.4 Å². The van der Waals surface area contributed by atoms with Crippen molar-refractivity contribution in [2.24, 2.45) is 0 Å². The molecule has 17 heavy (non-hydrogen) atoms. The van der Waals surface area contributed by atoms with Gasteiger partial charge in [-0.3, -0.25) is 0 Å². The number of aromatic nitrogens is 2. The first-order chi connectivity index (χ1) is 7.81. The van der Waals surface area contributed by atoms with Crippen LogP contribution >= 0.6 is 22.6 Å². The van der Waals surface area contributed by atoms with Gasteiger partial charge in [-0.1, -0.05) is 19.6 Å². The van der Waals surface area contributed by atoms with Crippen molar-refractivity contribution in [1.82, 2.24) is 9.78 Å². The van der Waals surface area contributed by atoms with Crippen LogP contribution in [0.2, 0.25) is 25.7 Å². The number of halogens is 1. The minimum atomic E-state index is -1.07. The van der Waals surface area contributed by atoms with E-state index in [1.165, 1.54) is 6.20 Å². The van der Waals surface area contributed by atoms with Crippen LogP contribution in [0.25, 0.3) is 0 Å². The van der Waals surface area contributed by atoms with E-state index in [1.54, 1.807) is 4.68 Å². The van der Waals surface area contributed by atoms with E-state index >= 15 is 0 Å². The van der Waals surface area contributed by atoms with Gasteiger partial charge in [0.05, 0.1) is 6.20 Å². The van der Waals surface area contributed by atoms with Crippen LogP contribution in [-0.2, 0) is 11.5 Å². The standard InChI is InChI=1S/C10H17IN2O3Si/c1-17(2,3)5-4-16-7-13-9(11)8(6-12-13)10(14)15/h6H,4-5,7H2,1-3H3,(H,14,15). The Kier molecular flexibility index (Phi) is 5.14. The summed E-state index contributed by atoms with van der Waals surface area (Å²) in [4.78, 5) is 10.8. The summed E-state index contributed by atoms with van der Waals surface area (Å²) in [5.41, 5.74) is 0.222. The molecule has 1 aromatic rings. The number of rotatable bonds is 6.